The van der Waals surface area contributed by atoms with Crippen molar-refractivity contribution in [1.29, 1.82) is 0 Å². The monoisotopic (exact) mass is 393 g/mol. The van der Waals surface area contributed by atoms with Crippen molar-refractivity contribution in [2.45, 2.75) is 49.6 Å². The van der Waals surface area contributed by atoms with Gasteiger partial charge in [0.25, 0.3) is 5.69 Å². The molecule has 1 aromatic carbocycles. The number of phenolic OH excluding ortho intramolecular Hbond substituents is 1. The molecule has 0 heterocycles. The van der Waals surface area contributed by atoms with E-state index in [4.69, 9.17) is 0 Å². The van der Waals surface area contributed by atoms with Gasteiger partial charge in [-0.1, -0.05) is 57.2 Å². The zero-order valence-electron chi connectivity index (χ0n) is 12.3. The van der Waals surface area contributed by atoms with Crippen LogP contribution < -0.4 is 0 Å². The van der Waals surface area contributed by atoms with Gasteiger partial charge in [-0.05, 0) is 11.5 Å². The second-order valence-corrected chi connectivity index (χ2v) is 7.63. The highest BCUT2D eigenvalue weighted by Gasteiger charge is 2.35. The van der Waals surface area contributed by atoms with Crippen LogP contribution in [0.25, 0.3) is 0 Å². The van der Waals surface area contributed by atoms with Crippen LogP contribution in [0.1, 0.15) is 45.7 Å². The Morgan fingerprint density at radius 1 is 1.20 bits per heavy atom. The summed E-state index contributed by atoms with van der Waals surface area (Å²) in [7, 11) is 0. The van der Waals surface area contributed by atoms with Crippen molar-refractivity contribution in [3.8, 4) is 5.75 Å². The lowest BCUT2D eigenvalue weighted by molar-refractivity contribution is -0.386. The summed E-state index contributed by atoms with van der Waals surface area (Å²) < 4.78 is -0.722. The fourth-order valence-corrected chi connectivity index (χ4v) is 2.31. The average Bonchev–Trinajstić information content (AvgIpc) is 2.26. The minimum atomic E-state index is -0.722. The molecule has 0 bridgehead atoms. The number of nitro groups is 1. The number of aliphatic hydroxyl groups is 1. The summed E-state index contributed by atoms with van der Waals surface area (Å²) in [5.74, 6) is -0.162. The van der Waals surface area contributed by atoms with Crippen molar-refractivity contribution in [2.24, 2.45) is 0 Å². The maximum atomic E-state index is 11.2. The third kappa shape index (κ3) is 3.22. The topological polar surface area (TPSA) is 83.6 Å². The molecule has 5 nitrogen and oxygen atoms in total. The molecular weight excluding hydrogens is 373 g/mol. The highest BCUT2D eigenvalue weighted by atomic mass is 127. The van der Waals surface area contributed by atoms with Gasteiger partial charge in [0.15, 0.2) is 0 Å². The van der Waals surface area contributed by atoms with Crippen LogP contribution in [0.5, 0.6) is 5.75 Å². The fraction of sp³-hybridized carbons (Fsp3) is 0.571. The molecule has 0 aliphatic heterocycles. The van der Waals surface area contributed by atoms with Crippen LogP contribution in [-0.2, 0) is 10.8 Å². The number of rotatable bonds is 3. The molecule has 1 atom stereocenters. The number of alkyl halides is 1. The van der Waals surface area contributed by atoms with Gasteiger partial charge in [-0.25, -0.2) is 0 Å². The Morgan fingerprint density at radius 3 is 2.05 bits per heavy atom. The van der Waals surface area contributed by atoms with E-state index in [2.05, 4.69) is 0 Å². The third-order valence-electron chi connectivity index (χ3n) is 3.41. The quantitative estimate of drug-likeness (QED) is 0.356. The number of nitro benzene ring substituents is 1. The molecule has 0 aliphatic carbocycles. The lowest BCUT2D eigenvalue weighted by Crippen LogP contribution is -2.29. The molecule has 0 spiro atoms. The first kappa shape index (κ1) is 17.2. The summed E-state index contributed by atoms with van der Waals surface area (Å²) in [5.41, 5.74) is -0.190. The molecule has 1 unspecified atom stereocenters. The van der Waals surface area contributed by atoms with E-state index < -0.39 is 19.9 Å². The summed E-state index contributed by atoms with van der Waals surface area (Å²) in [6.07, 6.45) is 0. The third-order valence-corrected chi connectivity index (χ3v) is 4.97. The number of halogens is 1. The van der Waals surface area contributed by atoms with Gasteiger partial charge >= 0.3 is 0 Å². The van der Waals surface area contributed by atoms with Crippen molar-refractivity contribution in [2.75, 3.05) is 0 Å². The summed E-state index contributed by atoms with van der Waals surface area (Å²) >= 11 is 1.87. The van der Waals surface area contributed by atoms with Gasteiger partial charge < -0.3 is 10.2 Å². The Hall–Kier alpha value is -0.890. The summed E-state index contributed by atoms with van der Waals surface area (Å²) in [6.45, 7) is 9.21. The zero-order chi connectivity index (χ0) is 15.9. The van der Waals surface area contributed by atoms with Crippen molar-refractivity contribution < 1.29 is 15.1 Å². The molecule has 20 heavy (non-hydrogen) atoms. The summed E-state index contributed by atoms with van der Waals surface area (Å²) in [5, 5.41) is 31.1. The fourth-order valence-electron chi connectivity index (χ4n) is 1.97. The lowest BCUT2D eigenvalue weighted by Gasteiger charge is -2.30. The molecular formula is C14H20INO4. The van der Waals surface area contributed by atoms with Crippen LogP contribution in [0.2, 0.25) is 0 Å². The molecule has 0 radical (unpaired) electrons. The predicted octanol–water partition coefficient (Wildman–Crippen LogP) is 3.63. The van der Waals surface area contributed by atoms with E-state index in [0.29, 0.717) is 11.1 Å². The van der Waals surface area contributed by atoms with Gasteiger partial charge in [0.2, 0.25) is 0 Å². The van der Waals surface area contributed by atoms with Crippen LogP contribution in [0.3, 0.4) is 0 Å². The number of benzene rings is 1. The van der Waals surface area contributed by atoms with E-state index in [1.807, 2.05) is 43.4 Å². The molecule has 2 N–H and O–H groups in total. The van der Waals surface area contributed by atoms with Gasteiger partial charge in [0.05, 0.1) is 11.0 Å². The maximum absolute atomic E-state index is 11.2. The van der Waals surface area contributed by atoms with Crippen molar-refractivity contribution in [3.63, 3.8) is 0 Å². The van der Waals surface area contributed by atoms with Crippen molar-refractivity contribution in [1.82, 2.24) is 0 Å². The van der Waals surface area contributed by atoms with Crippen LogP contribution in [0.15, 0.2) is 12.1 Å². The summed E-state index contributed by atoms with van der Waals surface area (Å²) in [4.78, 5) is 10.7. The van der Waals surface area contributed by atoms with Crippen LogP contribution in [-0.4, -0.2) is 19.2 Å². The number of aromatic hydroxyl groups is 1. The highest BCUT2D eigenvalue weighted by molar-refractivity contribution is 14.1. The standard InChI is InChI=1S/C14H20INO4/c1-13(2,3)8-6-9(14(4,5)12(15)18)11(17)7-10(8)16(19)20/h6-7,12,17-18H,1-5H3. The van der Waals surface area contributed by atoms with Gasteiger partial charge in [-0.2, -0.15) is 0 Å². The van der Waals surface area contributed by atoms with E-state index in [1.54, 1.807) is 19.9 Å². The Balaban J connectivity index is 3.64. The average molecular weight is 393 g/mol. The normalized spacial score (nSPS) is 14.2. The van der Waals surface area contributed by atoms with Gasteiger partial charge in [0.1, 0.15) is 9.86 Å². The Labute approximate surface area is 132 Å². The smallest absolute Gasteiger partial charge is 0.276 e. The number of phenols is 1. The Morgan fingerprint density at radius 2 is 1.70 bits per heavy atom. The number of aliphatic hydroxyl groups excluding tert-OH is 1. The number of hydrogen-bond donors (Lipinski definition) is 2. The predicted molar refractivity (Wildman–Crippen MR) is 86.5 cm³/mol. The van der Waals surface area contributed by atoms with Crippen LogP contribution in [0, 0.1) is 10.1 Å². The summed E-state index contributed by atoms with van der Waals surface area (Å²) in [6, 6.07) is 2.81. The van der Waals surface area contributed by atoms with Crippen LogP contribution in [0.4, 0.5) is 5.69 Å². The van der Waals surface area contributed by atoms with E-state index in [9.17, 15) is 20.3 Å². The van der Waals surface area contributed by atoms with Crippen molar-refractivity contribution >= 4 is 28.3 Å². The molecule has 0 aromatic heterocycles. The Bertz CT molecular complexity index is 533. The first-order chi connectivity index (χ1) is 8.89. The SMILES string of the molecule is CC(C)(C)c1cc(C(C)(C)C(O)I)c(O)cc1[N+](=O)[O-]. The number of nitrogens with zero attached hydrogens (tertiary/aromatic N) is 1. The first-order valence-corrected chi connectivity index (χ1v) is 7.48. The largest absolute Gasteiger partial charge is 0.507 e. The molecule has 0 saturated heterocycles. The van der Waals surface area contributed by atoms with E-state index in [0.717, 1.165) is 0 Å². The molecule has 0 saturated carbocycles. The lowest BCUT2D eigenvalue weighted by atomic mass is 9.79. The molecule has 6 heteroatoms. The second-order valence-electron chi connectivity index (χ2n) is 6.45. The highest BCUT2D eigenvalue weighted by Crippen LogP contribution is 2.42. The molecule has 0 fully saturated rings. The molecule has 0 amide bonds. The molecule has 0 aliphatic rings. The van der Waals surface area contributed by atoms with Gasteiger partial charge in [0, 0.05) is 16.5 Å². The van der Waals surface area contributed by atoms with E-state index in [1.165, 1.54) is 6.07 Å². The number of hydrogen-bond acceptors (Lipinski definition) is 4. The minimum Gasteiger partial charge on any atom is -0.507 e. The zero-order valence-corrected chi connectivity index (χ0v) is 14.4. The van der Waals surface area contributed by atoms with Crippen molar-refractivity contribution in [3.05, 3.63) is 33.4 Å². The first-order valence-electron chi connectivity index (χ1n) is 6.23. The Kier molecular flexibility index (Phi) is 4.70. The van der Waals surface area contributed by atoms with Gasteiger partial charge in [-0.3, -0.25) is 10.1 Å². The molecule has 112 valence electrons. The van der Waals surface area contributed by atoms with Gasteiger partial charge in [-0.15, -0.1) is 0 Å². The van der Waals surface area contributed by atoms with E-state index >= 15 is 0 Å². The van der Waals surface area contributed by atoms with Crippen LogP contribution >= 0.6 is 22.6 Å². The molecule has 1 rings (SSSR count). The van der Waals surface area contributed by atoms with E-state index in [-0.39, 0.29) is 11.4 Å². The second kappa shape index (κ2) is 5.48. The molecule has 1 aromatic rings. The maximum Gasteiger partial charge on any atom is 0.276 e. The minimum absolute atomic E-state index is 0.0995.